The van der Waals surface area contributed by atoms with E-state index in [1.165, 1.54) is 4.90 Å². The molecule has 0 fully saturated rings. The van der Waals surface area contributed by atoms with E-state index in [2.05, 4.69) is 15.8 Å². The van der Waals surface area contributed by atoms with Crippen LogP contribution in [0.3, 0.4) is 0 Å². The molecule has 1 aromatic heterocycles. The molecule has 1 aliphatic rings. The fraction of sp³-hybridized carbons (Fsp3) is 0.368. The van der Waals surface area contributed by atoms with Gasteiger partial charge in [-0.15, -0.1) is 0 Å². The summed E-state index contributed by atoms with van der Waals surface area (Å²) in [6.45, 7) is 2.24. The zero-order valence-electron chi connectivity index (χ0n) is 16.2. The average Bonchev–Trinajstić information content (AvgIpc) is 3.14. The van der Waals surface area contributed by atoms with Crippen LogP contribution in [0.15, 0.2) is 22.7 Å². The Morgan fingerprint density at radius 2 is 2.10 bits per heavy atom. The van der Waals surface area contributed by atoms with Crippen molar-refractivity contribution in [1.82, 2.24) is 15.4 Å². The number of carbonyl (C=O) groups is 3. The summed E-state index contributed by atoms with van der Waals surface area (Å²) in [6, 6.07) is 2.09. The maximum absolute atomic E-state index is 13.8. The quantitative estimate of drug-likeness (QED) is 0.690. The summed E-state index contributed by atoms with van der Waals surface area (Å²) < 4.78 is 37.0. The summed E-state index contributed by atoms with van der Waals surface area (Å²) in [4.78, 5) is 37.5. The van der Waals surface area contributed by atoms with Gasteiger partial charge in [0.25, 0.3) is 5.91 Å². The number of amides is 3. The van der Waals surface area contributed by atoms with Crippen molar-refractivity contribution >= 4 is 23.6 Å². The number of hydrogen-bond acceptors (Lipinski definition) is 6. The second kappa shape index (κ2) is 9.33. The monoisotopic (exact) mass is 422 g/mol. The van der Waals surface area contributed by atoms with E-state index < -0.39 is 29.5 Å². The van der Waals surface area contributed by atoms with E-state index in [4.69, 9.17) is 9.26 Å². The Hall–Kier alpha value is -3.50. The molecule has 3 amide bonds. The standard InChI is InChI=1S/C19H20F2N4O5/c1-2-29-16(26)5-7-22-18(27)17-12-10-25(8-6-15(12)30-24-17)19(28)23-14-9-11(20)3-4-13(14)21/h3-4,9H,2,5-8,10H2,1H3,(H,22,27)(H,23,28). The van der Waals surface area contributed by atoms with Crippen molar-refractivity contribution in [3.63, 3.8) is 0 Å². The van der Waals surface area contributed by atoms with Gasteiger partial charge in [0.15, 0.2) is 5.69 Å². The molecule has 0 unspecified atom stereocenters. The predicted octanol–water partition coefficient (Wildman–Crippen LogP) is 2.23. The van der Waals surface area contributed by atoms with Crippen molar-refractivity contribution < 1.29 is 32.4 Å². The van der Waals surface area contributed by atoms with E-state index >= 15 is 0 Å². The molecule has 1 aliphatic heterocycles. The summed E-state index contributed by atoms with van der Waals surface area (Å²) >= 11 is 0. The Balaban J connectivity index is 1.63. The highest BCUT2D eigenvalue weighted by atomic mass is 19.1. The van der Waals surface area contributed by atoms with Crippen LogP contribution < -0.4 is 10.6 Å². The lowest BCUT2D eigenvalue weighted by atomic mass is 10.1. The zero-order valence-corrected chi connectivity index (χ0v) is 16.2. The largest absolute Gasteiger partial charge is 0.466 e. The first kappa shape index (κ1) is 21.2. The molecule has 2 N–H and O–H groups in total. The zero-order chi connectivity index (χ0) is 21.7. The van der Waals surface area contributed by atoms with Crippen LogP contribution in [-0.4, -0.2) is 47.7 Å². The third kappa shape index (κ3) is 4.91. The molecule has 160 valence electrons. The average molecular weight is 422 g/mol. The Kier molecular flexibility index (Phi) is 6.60. The third-order valence-corrected chi connectivity index (χ3v) is 4.42. The van der Waals surface area contributed by atoms with Gasteiger partial charge in [-0.3, -0.25) is 9.59 Å². The fourth-order valence-electron chi connectivity index (χ4n) is 2.94. The van der Waals surface area contributed by atoms with Gasteiger partial charge in [0.1, 0.15) is 17.4 Å². The number of rotatable bonds is 6. The predicted molar refractivity (Wildman–Crippen MR) is 99.6 cm³/mol. The molecule has 0 bridgehead atoms. The van der Waals surface area contributed by atoms with Gasteiger partial charge in [-0.25, -0.2) is 13.6 Å². The Morgan fingerprint density at radius 1 is 1.30 bits per heavy atom. The first-order valence-electron chi connectivity index (χ1n) is 9.31. The van der Waals surface area contributed by atoms with Crippen molar-refractivity contribution in [3.8, 4) is 0 Å². The summed E-state index contributed by atoms with van der Waals surface area (Å²) in [5.41, 5.74) is 0.140. The molecule has 0 saturated heterocycles. The molecule has 9 nitrogen and oxygen atoms in total. The molecular weight excluding hydrogens is 402 g/mol. The second-order valence-electron chi connectivity index (χ2n) is 6.47. The van der Waals surface area contributed by atoms with Gasteiger partial charge in [-0.2, -0.15) is 0 Å². The minimum Gasteiger partial charge on any atom is -0.466 e. The van der Waals surface area contributed by atoms with Crippen LogP contribution in [0.25, 0.3) is 0 Å². The molecule has 11 heteroatoms. The molecule has 0 aliphatic carbocycles. The molecule has 3 rings (SSSR count). The van der Waals surface area contributed by atoms with Crippen LogP contribution in [-0.2, 0) is 22.5 Å². The number of nitrogens with zero attached hydrogens (tertiary/aromatic N) is 2. The van der Waals surface area contributed by atoms with Crippen LogP contribution in [0.5, 0.6) is 0 Å². The number of fused-ring (bicyclic) bond motifs is 1. The molecule has 0 spiro atoms. The molecule has 2 aromatic rings. The number of benzene rings is 1. The number of hydrogen-bond donors (Lipinski definition) is 2. The molecule has 0 saturated carbocycles. The molecule has 0 atom stereocenters. The van der Waals surface area contributed by atoms with Gasteiger partial charge in [0.2, 0.25) is 0 Å². The first-order chi connectivity index (χ1) is 14.4. The maximum atomic E-state index is 13.8. The third-order valence-electron chi connectivity index (χ3n) is 4.42. The van der Waals surface area contributed by atoms with Gasteiger partial charge in [-0.1, -0.05) is 5.16 Å². The minimum absolute atomic E-state index is 0.00221. The van der Waals surface area contributed by atoms with E-state index in [-0.39, 0.29) is 44.0 Å². The number of esters is 1. The molecule has 30 heavy (non-hydrogen) atoms. The van der Waals surface area contributed by atoms with Gasteiger partial charge >= 0.3 is 12.0 Å². The van der Waals surface area contributed by atoms with Gasteiger partial charge in [0.05, 0.1) is 25.3 Å². The van der Waals surface area contributed by atoms with Crippen LogP contribution >= 0.6 is 0 Å². The van der Waals surface area contributed by atoms with Crippen molar-refractivity contribution in [2.45, 2.75) is 26.3 Å². The van der Waals surface area contributed by atoms with Gasteiger partial charge in [0, 0.05) is 31.1 Å². The minimum atomic E-state index is -0.769. The lowest BCUT2D eigenvalue weighted by Gasteiger charge is -2.26. The van der Waals surface area contributed by atoms with Gasteiger partial charge in [-0.05, 0) is 19.1 Å². The van der Waals surface area contributed by atoms with Crippen LogP contribution in [0.1, 0.15) is 35.2 Å². The fourth-order valence-corrected chi connectivity index (χ4v) is 2.94. The first-order valence-corrected chi connectivity index (χ1v) is 9.31. The molecular formula is C19H20F2N4O5. The Morgan fingerprint density at radius 3 is 2.87 bits per heavy atom. The van der Waals surface area contributed by atoms with E-state index in [1.807, 2.05) is 0 Å². The maximum Gasteiger partial charge on any atom is 0.322 e. The highest BCUT2D eigenvalue weighted by Gasteiger charge is 2.30. The van der Waals surface area contributed by atoms with Crippen molar-refractivity contribution in [2.75, 3.05) is 25.0 Å². The molecule has 0 radical (unpaired) electrons. The highest BCUT2D eigenvalue weighted by molar-refractivity contribution is 5.94. The van der Waals surface area contributed by atoms with E-state index in [1.54, 1.807) is 6.92 Å². The van der Waals surface area contributed by atoms with Crippen molar-refractivity contribution in [1.29, 1.82) is 0 Å². The summed E-state index contributed by atoms with van der Waals surface area (Å²) in [7, 11) is 0. The second-order valence-corrected chi connectivity index (χ2v) is 6.47. The number of aromatic nitrogens is 1. The van der Waals surface area contributed by atoms with Crippen molar-refractivity contribution in [3.05, 3.63) is 46.9 Å². The molecule has 2 heterocycles. The van der Waals surface area contributed by atoms with E-state index in [0.29, 0.717) is 17.7 Å². The summed E-state index contributed by atoms with van der Waals surface area (Å²) in [5, 5.41) is 8.63. The highest BCUT2D eigenvalue weighted by Crippen LogP contribution is 2.24. The number of nitrogens with one attached hydrogen (secondary N) is 2. The van der Waals surface area contributed by atoms with E-state index in [9.17, 15) is 23.2 Å². The van der Waals surface area contributed by atoms with Crippen molar-refractivity contribution in [2.24, 2.45) is 0 Å². The smallest absolute Gasteiger partial charge is 0.322 e. The lowest BCUT2D eigenvalue weighted by molar-refractivity contribution is -0.142. The van der Waals surface area contributed by atoms with Crippen LogP contribution in [0, 0.1) is 11.6 Å². The summed E-state index contributed by atoms with van der Waals surface area (Å²) in [5.74, 6) is -1.98. The lowest BCUT2D eigenvalue weighted by Crippen LogP contribution is -2.39. The summed E-state index contributed by atoms with van der Waals surface area (Å²) in [6.07, 6.45) is 0.310. The number of carbonyl (C=O) groups excluding carboxylic acids is 3. The number of anilines is 1. The molecule has 1 aromatic carbocycles. The SMILES string of the molecule is CCOC(=O)CCNC(=O)c1noc2c1CN(C(=O)Nc1cc(F)ccc1F)CC2. The normalized spacial score (nSPS) is 12.8. The van der Waals surface area contributed by atoms with Crippen LogP contribution in [0.2, 0.25) is 0 Å². The van der Waals surface area contributed by atoms with Crippen LogP contribution in [0.4, 0.5) is 19.3 Å². The number of halogens is 2. The Bertz CT molecular complexity index is 962. The number of urea groups is 1. The van der Waals surface area contributed by atoms with Gasteiger partial charge < -0.3 is 24.8 Å². The number of ether oxygens (including phenoxy) is 1. The Labute approximate surface area is 170 Å². The van der Waals surface area contributed by atoms with E-state index in [0.717, 1.165) is 18.2 Å². The topological polar surface area (TPSA) is 114 Å².